The predicted molar refractivity (Wildman–Crippen MR) is 51.0 cm³/mol. The SMILES string of the molecule is CCNc1cccc2c1COC(F)(F)O2. The zero-order valence-electron chi connectivity index (χ0n) is 8.22. The number of nitrogens with one attached hydrogen (secondary N) is 1. The van der Waals surface area contributed by atoms with Crippen molar-refractivity contribution >= 4 is 5.69 Å². The van der Waals surface area contributed by atoms with E-state index < -0.39 is 6.29 Å². The second-order valence-corrected chi connectivity index (χ2v) is 3.17. The van der Waals surface area contributed by atoms with E-state index in [1.54, 1.807) is 12.1 Å². The van der Waals surface area contributed by atoms with Gasteiger partial charge >= 0.3 is 6.29 Å². The van der Waals surface area contributed by atoms with Crippen LogP contribution in [-0.4, -0.2) is 12.8 Å². The van der Waals surface area contributed by atoms with Gasteiger partial charge in [-0.3, -0.25) is 4.74 Å². The van der Waals surface area contributed by atoms with Gasteiger partial charge in [0, 0.05) is 17.8 Å². The second-order valence-electron chi connectivity index (χ2n) is 3.17. The molecule has 0 saturated carbocycles. The van der Waals surface area contributed by atoms with E-state index in [9.17, 15) is 8.78 Å². The lowest BCUT2D eigenvalue weighted by Crippen LogP contribution is -2.32. The van der Waals surface area contributed by atoms with Gasteiger partial charge in [0.15, 0.2) is 0 Å². The summed E-state index contributed by atoms with van der Waals surface area (Å²) >= 11 is 0. The van der Waals surface area contributed by atoms with E-state index in [1.807, 2.05) is 6.92 Å². The summed E-state index contributed by atoms with van der Waals surface area (Å²) in [4.78, 5) is 0. The maximum Gasteiger partial charge on any atom is 0.535 e. The molecular formula is C10H11F2NO2. The smallest absolute Gasteiger partial charge is 0.409 e. The first kappa shape index (κ1) is 10.2. The van der Waals surface area contributed by atoms with Crippen molar-refractivity contribution in [3.05, 3.63) is 23.8 Å². The van der Waals surface area contributed by atoms with Gasteiger partial charge in [-0.2, -0.15) is 0 Å². The van der Waals surface area contributed by atoms with E-state index in [1.165, 1.54) is 6.07 Å². The van der Waals surface area contributed by atoms with Crippen molar-refractivity contribution in [1.82, 2.24) is 0 Å². The molecule has 0 bridgehead atoms. The van der Waals surface area contributed by atoms with E-state index in [0.29, 0.717) is 12.1 Å². The van der Waals surface area contributed by atoms with Gasteiger partial charge in [-0.1, -0.05) is 6.07 Å². The molecule has 1 aromatic carbocycles. The fourth-order valence-corrected chi connectivity index (χ4v) is 1.48. The summed E-state index contributed by atoms with van der Waals surface area (Å²) in [5, 5.41) is 3.06. The minimum atomic E-state index is -3.52. The Morgan fingerprint density at radius 2 is 2.27 bits per heavy atom. The summed E-state index contributed by atoms with van der Waals surface area (Å²) in [6, 6.07) is 4.98. The molecule has 0 fully saturated rings. The van der Waals surface area contributed by atoms with Crippen LogP contribution in [-0.2, 0) is 11.3 Å². The highest BCUT2D eigenvalue weighted by Gasteiger charge is 2.39. The Morgan fingerprint density at radius 3 is 3.00 bits per heavy atom. The number of hydrogen-bond donors (Lipinski definition) is 1. The number of halogens is 2. The molecule has 15 heavy (non-hydrogen) atoms. The van der Waals surface area contributed by atoms with E-state index in [2.05, 4.69) is 14.8 Å². The van der Waals surface area contributed by atoms with Gasteiger partial charge in [-0.25, -0.2) is 0 Å². The van der Waals surface area contributed by atoms with Crippen LogP contribution in [0.25, 0.3) is 0 Å². The van der Waals surface area contributed by atoms with Crippen LogP contribution >= 0.6 is 0 Å². The lowest BCUT2D eigenvalue weighted by molar-refractivity contribution is -0.367. The Morgan fingerprint density at radius 1 is 1.47 bits per heavy atom. The molecule has 1 heterocycles. The topological polar surface area (TPSA) is 30.5 Å². The highest BCUT2D eigenvalue weighted by Crippen LogP contribution is 2.36. The Bertz CT molecular complexity index is 368. The number of anilines is 1. The van der Waals surface area contributed by atoms with Crippen molar-refractivity contribution in [3.63, 3.8) is 0 Å². The third kappa shape index (κ3) is 2.02. The molecule has 0 aliphatic carbocycles. The van der Waals surface area contributed by atoms with E-state index >= 15 is 0 Å². The highest BCUT2D eigenvalue weighted by molar-refractivity contribution is 5.57. The van der Waals surface area contributed by atoms with Crippen LogP contribution in [0, 0.1) is 0 Å². The Labute approximate surface area is 86.0 Å². The molecule has 0 radical (unpaired) electrons. The molecule has 0 aromatic heterocycles. The van der Waals surface area contributed by atoms with Crippen LogP contribution in [0.15, 0.2) is 18.2 Å². The molecule has 0 unspecified atom stereocenters. The van der Waals surface area contributed by atoms with Crippen molar-refractivity contribution in [2.75, 3.05) is 11.9 Å². The molecule has 82 valence electrons. The van der Waals surface area contributed by atoms with Gasteiger partial charge in [0.05, 0.1) is 6.61 Å². The van der Waals surface area contributed by atoms with Crippen LogP contribution in [0.1, 0.15) is 12.5 Å². The quantitative estimate of drug-likeness (QED) is 0.822. The Balaban J connectivity index is 2.33. The molecule has 1 N–H and O–H groups in total. The summed E-state index contributed by atoms with van der Waals surface area (Å²) in [5.74, 6) is 0.171. The van der Waals surface area contributed by atoms with Crippen LogP contribution < -0.4 is 10.1 Å². The van der Waals surface area contributed by atoms with E-state index in [0.717, 1.165) is 5.69 Å². The Kier molecular flexibility index (Phi) is 2.48. The third-order valence-electron chi connectivity index (χ3n) is 2.11. The normalized spacial score (nSPS) is 17.8. The first-order valence-electron chi connectivity index (χ1n) is 4.69. The number of ether oxygens (including phenoxy) is 2. The van der Waals surface area contributed by atoms with Crippen molar-refractivity contribution in [1.29, 1.82) is 0 Å². The fourth-order valence-electron chi connectivity index (χ4n) is 1.48. The summed E-state index contributed by atoms with van der Waals surface area (Å²) in [7, 11) is 0. The monoisotopic (exact) mass is 215 g/mol. The number of hydrogen-bond acceptors (Lipinski definition) is 3. The average molecular weight is 215 g/mol. The van der Waals surface area contributed by atoms with Crippen LogP contribution in [0.3, 0.4) is 0 Å². The fraction of sp³-hybridized carbons (Fsp3) is 0.400. The minimum Gasteiger partial charge on any atom is -0.409 e. The first-order valence-corrected chi connectivity index (χ1v) is 4.69. The van der Waals surface area contributed by atoms with Crippen molar-refractivity contribution < 1.29 is 18.3 Å². The molecular weight excluding hydrogens is 204 g/mol. The number of benzene rings is 1. The zero-order chi connectivity index (χ0) is 10.9. The maximum absolute atomic E-state index is 12.7. The van der Waals surface area contributed by atoms with Gasteiger partial charge in [0.25, 0.3) is 0 Å². The molecule has 1 aliphatic heterocycles. The highest BCUT2D eigenvalue weighted by atomic mass is 19.3. The van der Waals surface area contributed by atoms with Crippen LogP contribution in [0.2, 0.25) is 0 Å². The number of alkyl halides is 2. The summed E-state index contributed by atoms with van der Waals surface area (Å²) in [5.41, 5.74) is 1.40. The third-order valence-corrected chi connectivity index (χ3v) is 2.11. The molecule has 2 rings (SSSR count). The van der Waals surface area contributed by atoms with Crippen LogP contribution in [0.4, 0.5) is 14.5 Å². The van der Waals surface area contributed by atoms with Crippen molar-refractivity contribution in [3.8, 4) is 5.75 Å². The molecule has 0 saturated heterocycles. The average Bonchev–Trinajstić information content (AvgIpc) is 2.16. The van der Waals surface area contributed by atoms with Crippen LogP contribution in [0.5, 0.6) is 5.75 Å². The molecule has 5 heteroatoms. The molecule has 3 nitrogen and oxygen atoms in total. The van der Waals surface area contributed by atoms with Gasteiger partial charge in [0.1, 0.15) is 5.75 Å². The summed E-state index contributed by atoms with van der Waals surface area (Å²) in [6.45, 7) is 2.50. The molecule has 0 amide bonds. The standard InChI is InChI=1S/C10H11F2NO2/c1-2-13-8-4-3-5-9-7(8)6-14-10(11,12)15-9/h3-5,13H,2,6H2,1H3. The first-order chi connectivity index (χ1) is 7.12. The Hall–Kier alpha value is -1.36. The second kappa shape index (κ2) is 3.66. The van der Waals surface area contributed by atoms with Gasteiger partial charge in [0.2, 0.25) is 0 Å². The van der Waals surface area contributed by atoms with Gasteiger partial charge < -0.3 is 10.1 Å². The van der Waals surface area contributed by atoms with E-state index in [4.69, 9.17) is 0 Å². The largest absolute Gasteiger partial charge is 0.535 e. The maximum atomic E-state index is 12.7. The molecule has 0 atom stereocenters. The van der Waals surface area contributed by atoms with Gasteiger partial charge in [-0.15, -0.1) is 8.78 Å². The lowest BCUT2D eigenvalue weighted by Gasteiger charge is -2.26. The van der Waals surface area contributed by atoms with Crippen molar-refractivity contribution in [2.45, 2.75) is 19.8 Å². The predicted octanol–water partition coefficient (Wildman–Crippen LogP) is 2.58. The molecule has 0 spiro atoms. The minimum absolute atomic E-state index is 0.147. The molecule has 1 aromatic rings. The number of fused-ring (bicyclic) bond motifs is 1. The molecule has 1 aliphatic rings. The van der Waals surface area contributed by atoms with Gasteiger partial charge in [-0.05, 0) is 19.1 Å². The summed E-state index contributed by atoms with van der Waals surface area (Å²) in [6.07, 6.45) is -3.52. The summed E-state index contributed by atoms with van der Waals surface area (Å²) < 4.78 is 34.2. The van der Waals surface area contributed by atoms with Crippen molar-refractivity contribution in [2.24, 2.45) is 0 Å². The number of rotatable bonds is 2. The lowest BCUT2D eigenvalue weighted by atomic mass is 10.1. The van der Waals surface area contributed by atoms with E-state index in [-0.39, 0.29) is 12.4 Å². The zero-order valence-corrected chi connectivity index (χ0v) is 8.22.